The van der Waals surface area contributed by atoms with Crippen LogP contribution in [0.1, 0.15) is 45.8 Å². The first-order valence-electron chi connectivity index (χ1n) is 11.7. The molecule has 1 fully saturated rings. The van der Waals surface area contributed by atoms with E-state index in [0.717, 1.165) is 9.80 Å². The van der Waals surface area contributed by atoms with Gasteiger partial charge in [0.15, 0.2) is 5.69 Å². The van der Waals surface area contributed by atoms with Crippen LogP contribution in [0.4, 0.5) is 11.4 Å². The Morgan fingerprint density at radius 3 is 2.05 bits per heavy atom. The molecule has 2 aromatic carbocycles. The van der Waals surface area contributed by atoms with Gasteiger partial charge < -0.3 is 30.9 Å². The number of benzene rings is 2. The van der Waals surface area contributed by atoms with Crippen molar-refractivity contribution in [3.8, 4) is 11.4 Å². The van der Waals surface area contributed by atoms with Crippen LogP contribution in [0, 0.1) is 0 Å². The topological polar surface area (TPSA) is 192 Å². The van der Waals surface area contributed by atoms with Gasteiger partial charge in [0, 0.05) is 29.8 Å². The van der Waals surface area contributed by atoms with Crippen molar-refractivity contribution in [2.45, 2.75) is 37.5 Å². The van der Waals surface area contributed by atoms with Crippen molar-refractivity contribution in [2.75, 3.05) is 16.9 Å². The lowest BCUT2D eigenvalue weighted by molar-refractivity contribution is -0.180. The highest BCUT2D eigenvalue weighted by molar-refractivity contribution is 6.10. The molecule has 3 aromatic rings. The zero-order valence-electron chi connectivity index (χ0n) is 20.2. The number of anilines is 2. The second kappa shape index (κ2) is 8.92. The van der Waals surface area contributed by atoms with Gasteiger partial charge >= 0.3 is 0 Å². The highest BCUT2D eigenvalue weighted by Crippen LogP contribution is 2.37. The van der Waals surface area contributed by atoms with E-state index in [1.807, 2.05) is 0 Å². The fourth-order valence-electron chi connectivity index (χ4n) is 4.86. The molecule has 2 aliphatic heterocycles. The van der Waals surface area contributed by atoms with Gasteiger partial charge in [0.2, 0.25) is 5.91 Å². The number of carbonyl (C=O) groups excluding carboxylic acids is 3. The molecule has 0 radical (unpaired) electrons. The summed E-state index contributed by atoms with van der Waals surface area (Å²) in [6.07, 6.45) is -0.170. The summed E-state index contributed by atoms with van der Waals surface area (Å²) >= 11 is 0. The maximum atomic E-state index is 13.8. The second-order valence-electron chi connectivity index (χ2n) is 9.11. The van der Waals surface area contributed by atoms with Crippen molar-refractivity contribution in [1.29, 1.82) is 0 Å². The van der Waals surface area contributed by atoms with E-state index >= 15 is 0 Å². The molecular weight excluding hydrogens is 498 g/mol. The molecule has 0 bridgehead atoms. The molecule has 38 heavy (non-hydrogen) atoms. The van der Waals surface area contributed by atoms with Crippen molar-refractivity contribution >= 4 is 29.1 Å². The molecule has 3 amide bonds. The van der Waals surface area contributed by atoms with Crippen LogP contribution in [0.5, 0.6) is 5.75 Å². The summed E-state index contributed by atoms with van der Waals surface area (Å²) < 4.78 is 6.36. The summed E-state index contributed by atoms with van der Waals surface area (Å²) in [6.45, 7) is 0. The van der Waals surface area contributed by atoms with Gasteiger partial charge in [0.1, 0.15) is 11.4 Å². The van der Waals surface area contributed by atoms with Crippen molar-refractivity contribution in [3.63, 3.8) is 0 Å². The van der Waals surface area contributed by atoms with Gasteiger partial charge in [-0.25, -0.2) is 4.68 Å². The smallest absolute Gasteiger partial charge is 0.281 e. The molecule has 0 unspecified atom stereocenters. The van der Waals surface area contributed by atoms with E-state index < -0.39 is 36.0 Å². The van der Waals surface area contributed by atoms with Gasteiger partial charge in [-0.15, -0.1) is 0 Å². The molecule has 6 N–H and O–H groups in total. The van der Waals surface area contributed by atoms with E-state index in [9.17, 15) is 34.8 Å². The Bertz CT molecular complexity index is 1430. The van der Waals surface area contributed by atoms with Gasteiger partial charge in [0.05, 0.1) is 19.2 Å². The summed E-state index contributed by atoms with van der Waals surface area (Å²) in [6, 6.07) is 11.8. The van der Waals surface area contributed by atoms with E-state index in [0.29, 0.717) is 17.9 Å². The number of amides is 3. The van der Waals surface area contributed by atoms with Crippen molar-refractivity contribution in [1.82, 2.24) is 9.78 Å². The van der Waals surface area contributed by atoms with Crippen LogP contribution in [0.25, 0.3) is 5.69 Å². The number of aromatic nitrogens is 2. The minimum Gasteiger partial charge on any atom is -0.497 e. The molecule has 3 heterocycles. The maximum Gasteiger partial charge on any atom is 0.281 e. The number of nitrogens with zero attached hydrogens (tertiary/aromatic N) is 4. The Balaban J connectivity index is 1.57. The van der Waals surface area contributed by atoms with Crippen molar-refractivity contribution in [3.05, 3.63) is 65.5 Å². The number of ether oxygens (including phenoxy) is 1. The van der Waals surface area contributed by atoms with Gasteiger partial charge in [-0.3, -0.25) is 24.2 Å². The molecule has 13 nitrogen and oxygen atoms in total. The molecule has 0 spiro atoms. The van der Waals surface area contributed by atoms with Crippen LogP contribution in [0.3, 0.4) is 0 Å². The fourth-order valence-corrected chi connectivity index (χ4v) is 4.86. The summed E-state index contributed by atoms with van der Waals surface area (Å²) in [4.78, 5) is 39.8. The molecule has 5 rings (SSSR count). The minimum absolute atomic E-state index is 0.0274. The minimum atomic E-state index is -2.76. The number of methoxy groups -OCH3 is 1. The molecule has 2 aliphatic rings. The molecule has 0 aliphatic carbocycles. The van der Waals surface area contributed by atoms with Crippen LogP contribution >= 0.6 is 0 Å². The van der Waals surface area contributed by atoms with E-state index in [-0.39, 0.29) is 41.2 Å². The third-order valence-corrected chi connectivity index (χ3v) is 6.59. The summed E-state index contributed by atoms with van der Waals surface area (Å²) in [7, 11) is 1.49. The van der Waals surface area contributed by atoms with E-state index in [4.69, 9.17) is 10.5 Å². The Labute approximate surface area is 215 Å². The van der Waals surface area contributed by atoms with Crippen LogP contribution in [0.2, 0.25) is 0 Å². The third-order valence-electron chi connectivity index (χ3n) is 6.59. The first kappa shape index (κ1) is 25.4. The Kier molecular flexibility index (Phi) is 5.95. The quantitative estimate of drug-likeness (QED) is 0.286. The first-order valence-corrected chi connectivity index (χ1v) is 11.7. The van der Waals surface area contributed by atoms with Crippen LogP contribution in [0.15, 0.2) is 48.5 Å². The zero-order chi connectivity index (χ0) is 27.4. The van der Waals surface area contributed by atoms with E-state index in [1.165, 1.54) is 36.1 Å². The number of fused-ring (bicyclic) bond motifs is 1. The van der Waals surface area contributed by atoms with Crippen LogP contribution in [-0.4, -0.2) is 66.9 Å². The molecule has 1 aromatic heterocycles. The average Bonchev–Trinajstić information content (AvgIpc) is 3.23. The lowest BCUT2D eigenvalue weighted by Crippen LogP contribution is -2.57. The lowest BCUT2D eigenvalue weighted by Gasteiger charge is -2.40. The number of aliphatic hydroxyl groups is 4. The van der Waals surface area contributed by atoms with Gasteiger partial charge in [-0.2, -0.15) is 5.10 Å². The number of hydrogen-bond acceptors (Lipinski definition) is 9. The van der Waals surface area contributed by atoms with Gasteiger partial charge in [0.25, 0.3) is 23.6 Å². The van der Waals surface area contributed by atoms with Crippen molar-refractivity contribution < 1.29 is 39.5 Å². The van der Waals surface area contributed by atoms with E-state index in [2.05, 4.69) is 5.10 Å². The molecule has 0 saturated carbocycles. The lowest BCUT2D eigenvalue weighted by atomic mass is 9.98. The predicted molar refractivity (Wildman–Crippen MR) is 131 cm³/mol. The highest BCUT2D eigenvalue weighted by atomic mass is 16.5. The normalized spacial score (nSPS) is 18.3. The maximum absolute atomic E-state index is 13.8. The number of carbonyl (C=O) groups is 3. The molecule has 13 heteroatoms. The molecule has 1 saturated heterocycles. The molecular formula is C25H25N5O8. The number of primary amides is 1. The predicted octanol–water partition coefficient (Wildman–Crippen LogP) is -0.0236. The average molecular weight is 524 g/mol. The largest absolute Gasteiger partial charge is 0.497 e. The number of rotatable bonds is 5. The van der Waals surface area contributed by atoms with Crippen molar-refractivity contribution in [2.24, 2.45) is 5.73 Å². The Morgan fingerprint density at radius 2 is 1.50 bits per heavy atom. The summed E-state index contributed by atoms with van der Waals surface area (Å²) in [5.41, 5.74) is 5.65. The molecule has 0 atom stereocenters. The SMILES string of the molecule is COc1ccc(-n2nc(C(N)=O)c3c2C(=O)N(c2ccc(N4C(=O)CCCC4(O)O)cc2)C(O)(O)C3)cc1. The second-order valence-corrected chi connectivity index (χ2v) is 9.11. The standard InChI is InChI=1S/C25H25N5O8/c1-38-17-10-8-16(9-11-17)30-21-18(20(27-30)22(26)32)13-25(36,37)29(23(21)33)15-6-4-14(5-7-15)28-19(31)3-2-12-24(28,34)35/h4-11,34-37H,2-3,12-13H2,1H3,(H2,26,32). The van der Waals surface area contributed by atoms with E-state index in [1.54, 1.807) is 24.3 Å². The van der Waals surface area contributed by atoms with Crippen LogP contribution in [-0.2, 0) is 11.2 Å². The Morgan fingerprint density at radius 1 is 0.921 bits per heavy atom. The Hall–Kier alpha value is -4.30. The number of nitrogens with two attached hydrogens (primary N) is 1. The number of hydrogen-bond donors (Lipinski definition) is 5. The first-order chi connectivity index (χ1) is 17.9. The van der Waals surface area contributed by atoms with Gasteiger partial charge in [-0.1, -0.05) is 0 Å². The highest BCUT2D eigenvalue weighted by Gasteiger charge is 2.48. The molecule has 198 valence electrons. The third kappa shape index (κ3) is 4.07. The zero-order valence-corrected chi connectivity index (χ0v) is 20.2. The summed E-state index contributed by atoms with van der Waals surface area (Å²) in [5, 5.41) is 46.6. The van der Waals surface area contributed by atoms with Gasteiger partial charge in [-0.05, 0) is 55.0 Å². The summed E-state index contributed by atoms with van der Waals surface area (Å²) in [5.74, 6) is -6.91. The van der Waals surface area contributed by atoms with Crippen LogP contribution < -0.4 is 20.3 Å². The fraction of sp³-hybridized carbons (Fsp3) is 0.280. The monoisotopic (exact) mass is 523 g/mol. The number of piperidine rings is 1.